The molecule has 3 saturated heterocycles. The minimum atomic E-state index is -3.84. The number of hydrogen-bond acceptors (Lipinski definition) is 24. The number of aliphatic hydroxyl groups excluding tert-OH is 6. The van der Waals surface area contributed by atoms with Gasteiger partial charge in [0, 0.05) is 51.5 Å². The van der Waals surface area contributed by atoms with Crippen molar-refractivity contribution in [2.75, 3.05) is 69.8 Å². The van der Waals surface area contributed by atoms with Crippen LogP contribution in [-0.2, 0) is 59.7 Å². The summed E-state index contributed by atoms with van der Waals surface area (Å²) in [5.74, 6) is 1.01. The molecule has 7 heterocycles. The van der Waals surface area contributed by atoms with Gasteiger partial charge >= 0.3 is 6.09 Å². The zero-order valence-corrected chi connectivity index (χ0v) is 51.7. The van der Waals surface area contributed by atoms with Crippen LogP contribution in [0.15, 0.2) is 12.4 Å². The number of nitrogens with one attached hydrogen (secondary N) is 1. The highest BCUT2D eigenvalue weighted by Gasteiger charge is 2.58. The number of ether oxygens (including phenoxy) is 7. The van der Waals surface area contributed by atoms with Crippen LogP contribution < -0.4 is 10.2 Å². The van der Waals surface area contributed by atoms with E-state index in [2.05, 4.69) is 20.4 Å². The molecule has 3 aliphatic heterocycles. The molecule has 5 fully saturated rings. The standard InChI is InChI=1S/C32H52N5O10P.C22H36N5O8P/c1-9-43-48(8,41)32(7,19-39)42-18-22-24-25(46-31(5,6)45-24)28(44-22)37-27-21(17-33-37)26(34-23(35-27)15-12-16-38)36(20-13-10-11-14-20)29(40)47-30(2,3)4;1-22(12-29,36(2,32)33)34-11-15-17(30)18(31)21(35-15)27-20-14(10-23-27)19(24-13-6-3-4-7-13)25-16(26-20)8-5-9-28/h17,20,22,24-25,28,38-39H,9-16,18-19H2,1-8H3;10,13,15,17-18,21,28-31H,3-9,11-12H2,1-2H3,(H,32,33)(H,24,25,26)/t22-,24-,25-,28-,32?,48?;15-,17-,18-,21-,22?/m11/s1. The summed E-state index contributed by atoms with van der Waals surface area (Å²) in [6.07, 6.45) is 4.73. The van der Waals surface area contributed by atoms with Crippen molar-refractivity contribution in [3.05, 3.63) is 24.0 Å². The summed E-state index contributed by atoms with van der Waals surface area (Å²) < 4.78 is 76.5. The number of nitrogens with zero attached hydrogens (tertiary/aromatic N) is 9. The van der Waals surface area contributed by atoms with Gasteiger partial charge in [0.25, 0.3) is 0 Å². The maximum absolute atomic E-state index is 13.8. The lowest BCUT2D eigenvalue weighted by molar-refractivity contribution is -0.206. The first-order chi connectivity index (χ1) is 39.6. The summed E-state index contributed by atoms with van der Waals surface area (Å²) in [4.78, 5) is 44.3. The molecule has 2 saturated carbocycles. The van der Waals surface area contributed by atoms with Gasteiger partial charge in [0.1, 0.15) is 59.7 Å². The van der Waals surface area contributed by atoms with E-state index in [1.807, 2.05) is 34.6 Å². The number of rotatable bonds is 24. The van der Waals surface area contributed by atoms with Gasteiger partial charge < -0.3 is 78.5 Å². The number of aromatic nitrogens is 8. The molecule has 0 bridgehead atoms. The van der Waals surface area contributed by atoms with Crippen molar-refractivity contribution in [1.29, 1.82) is 0 Å². The fraction of sp³-hybridized carbons (Fsp3) is 0.796. The van der Waals surface area contributed by atoms with E-state index in [4.69, 9.17) is 52.7 Å². The average Bonchev–Trinajstić information content (AvgIpc) is 1.89. The summed E-state index contributed by atoms with van der Waals surface area (Å²) in [7, 11) is -7.22. The SMILES string of the molecule is CC(CO)(OC[C@H]1O[C@@H](n2ncc3c(NC4CCCC4)nc(CCCO)nc32)[C@H](O)[C@@H]1O)P(C)(=O)O.CCOP(C)(=O)C(C)(CO)OC[C@H]1O[C@@H](n2ncc3c(N(C(=O)OC(C)(C)C)C4CCCC4)nc(CCCO)nc32)[C@@H]2OC(C)(C)O[C@@H]21. The second kappa shape index (κ2) is 26.8. The van der Waals surface area contributed by atoms with Crippen molar-refractivity contribution in [2.45, 2.75) is 216 Å². The van der Waals surface area contributed by atoms with E-state index in [1.54, 1.807) is 35.8 Å². The zero-order chi connectivity index (χ0) is 61.2. The van der Waals surface area contributed by atoms with Crippen molar-refractivity contribution < 1.29 is 87.1 Å². The highest BCUT2D eigenvalue weighted by atomic mass is 31.2. The number of aryl methyl sites for hydroxylation is 2. The minimum Gasteiger partial charge on any atom is -0.443 e. The predicted octanol–water partition coefficient (Wildman–Crippen LogP) is 4.87. The molecule has 4 aromatic rings. The molecule has 28 nitrogen and oxygen atoms in total. The maximum Gasteiger partial charge on any atom is 0.416 e. The quantitative estimate of drug-likeness (QED) is 0.0434. The maximum atomic E-state index is 13.8. The Hall–Kier alpha value is -3.93. The van der Waals surface area contributed by atoms with Crippen LogP contribution in [0.3, 0.4) is 0 Å². The first-order valence-electron chi connectivity index (χ1n) is 29.1. The number of anilines is 2. The van der Waals surface area contributed by atoms with Gasteiger partial charge in [-0.2, -0.15) is 10.2 Å². The third-order valence-corrected chi connectivity index (χ3v) is 20.8. The number of fused-ring (bicyclic) bond motifs is 3. The van der Waals surface area contributed by atoms with E-state index in [0.717, 1.165) is 58.0 Å². The van der Waals surface area contributed by atoms with Gasteiger partial charge in [-0.25, -0.2) is 34.1 Å². The van der Waals surface area contributed by atoms with Crippen LogP contribution in [-0.4, -0.2) is 211 Å². The van der Waals surface area contributed by atoms with E-state index in [-0.39, 0.29) is 45.1 Å². The summed E-state index contributed by atoms with van der Waals surface area (Å²) >= 11 is 0. The normalized spacial score (nSPS) is 27.5. The van der Waals surface area contributed by atoms with E-state index in [0.29, 0.717) is 71.0 Å². The molecule has 1 amide bonds. The fourth-order valence-electron chi connectivity index (χ4n) is 11.0. The number of amides is 1. The lowest BCUT2D eigenvalue weighted by atomic mass is 10.1. The van der Waals surface area contributed by atoms with E-state index in [1.165, 1.54) is 18.3 Å². The van der Waals surface area contributed by atoms with Gasteiger partial charge in [0.15, 0.2) is 46.0 Å². The molecule has 4 aromatic heterocycles. The van der Waals surface area contributed by atoms with Crippen LogP contribution in [0.4, 0.5) is 16.4 Å². The number of hydrogen-bond donors (Lipinski definition) is 8. The van der Waals surface area contributed by atoms with E-state index >= 15 is 0 Å². The number of aliphatic hydroxyl groups is 6. The van der Waals surface area contributed by atoms with Crippen molar-refractivity contribution in [1.82, 2.24) is 39.5 Å². The molecule has 9 rings (SSSR count). The van der Waals surface area contributed by atoms with E-state index < -0.39 is 105 Å². The predicted molar refractivity (Wildman–Crippen MR) is 306 cm³/mol. The van der Waals surface area contributed by atoms with Gasteiger partial charge in [-0.3, -0.25) is 14.0 Å². The highest BCUT2D eigenvalue weighted by Crippen LogP contribution is 2.57. The van der Waals surface area contributed by atoms with Crippen molar-refractivity contribution in [2.24, 2.45) is 0 Å². The molecule has 4 unspecified atom stereocenters. The van der Waals surface area contributed by atoms with Gasteiger partial charge in [-0.1, -0.05) is 25.7 Å². The molecule has 472 valence electrons. The molecule has 30 heteroatoms. The van der Waals surface area contributed by atoms with Crippen molar-refractivity contribution >= 4 is 54.5 Å². The number of carbonyl (C=O) groups is 1. The smallest absolute Gasteiger partial charge is 0.416 e. The Labute approximate surface area is 489 Å². The molecular weight excluding hydrogens is 1140 g/mol. The van der Waals surface area contributed by atoms with Gasteiger partial charge in [-0.05, 0) is 93.9 Å². The molecule has 2 aliphatic carbocycles. The Bertz CT molecular complexity index is 2970. The molecule has 5 aliphatic rings. The van der Waals surface area contributed by atoms with Crippen LogP contribution in [0.2, 0.25) is 0 Å². The van der Waals surface area contributed by atoms with Gasteiger partial charge in [0.2, 0.25) is 14.7 Å². The Morgan fingerprint density at radius 3 is 1.87 bits per heavy atom. The molecule has 12 atom stereocenters. The average molecular weight is 1230 g/mol. The Kier molecular flexibility index (Phi) is 21.1. The van der Waals surface area contributed by atoms with Crippen LogP contribution in [0.1, 0.15) is 144 Å². The molecular formula is C54H88N10O18P2. The lowest BCUT2D eigenvalue weighted by Crippen LogP contribution is -2.43. The van der Waals surface area contributed by atoms with Crippen LogP contribution in [0, 0.1) is 0 Å². The first-order valence-corrected chi connectivity index (χ1v) is 33.3. The molecule has 84 heavy (non-hydrogen) atoms. The third-order valence-electron chi connectivity index (χ3n) is 16.1. The summed E-state index contributed by atoms with van der Waals surface area (Å²) in [5, 5.41) is 70.6. The van der Waals surface area contributed by atoms with Gasteiger partial charge in [0.05, 0.1) is 56.2 Å². The molecule has 0 radical (unpaired) electrons. The molecule has 8 N–H and O–H groups in total. The van der Waals surface area contributed by atoms with Crippen LogP contribution in [0.25, 0.3) is 22.1 Å². The number of carbonyl (C=O) groups excluding carboxylic acids is 1. The zero-order valence-electron chi connectivity index (χ0n) is 49.9. The lowest BCUT2D eigenvalue weighted by Gasteiger charge is -2.34. The topological polar surface area (TPSA) is 369 Å². The van der Waals surface area contributed by atoms with Crippen molar-refractivity contribution in [3.63, 3.8) is 0 Å². The third kappa shape index (κ3) is 14.5. The second-order valence-corrected chi connectivity index (χ2v) is 29.9. The fourth-order valence-corrected chi connectivity index (χ4v) is 12.9. The molecule has 0 aromatic carbocycles. The van der Waals surface area contributed by atoms with Crippen molar-refractivity contribution in [3.8, 4) is 0 Å². The van der Waals surface area contributed by atoms with Crippen LogP contribution in [0.5, 0.6) is 0 Å². The van der Waals surface area contributed by atoms with Gasteiger partial charge in [-0.15, -0.1) is 0 Å². The Morgan fingerprint density at radius 2 is 1.29 bits per heavy atom. The van der Waals surface area contributed by atoms with Crippen LogP contribution >= 0.6 is 14.7 Å². The Balaban J connectivity index is 0.000000228. The highest BCUT2D eigenvalue weighted by molar-refractivity contribution is 7.59. The summed E-state index contributed by atoms with van der Waals surface area (Å²) in [6, 6.07) is 0.177. The monoisotopic (exact) mass is 1230 g/mol. The Morgan fingerprint density at radius 1 is 0.750 bits per heavy atom. The second-order valence-electron chi connectivity index (χ2n) is 24.3. The minimum absolute atomic E-state index is 0.00431. The summed E-state index contributed by atoms with van der Waals surface area (Å²) in [5.41, 5.74) is 0.110. The van der Waals surface area contributed by atoms with E-state index in [9.17, 15) is 49.5 Å². The molecule has 0 spiro atoms. The summed E-state index contributed by atoms with van der Waals surface area (Å²) in [6.45, 7) is 14.7. The largest absolute Gasteiger partial charge is 0.443 e. The first kappa shape index (κ1) is 66.0.